The number of aromatic nitrogens is 1. The SMILES string of the molecule is COC(=O)c1ccnc(Sc2ccc(N=C(N)CCl)cc2)c1. The number of benzene rings is 1. The largest absolute Gasteiger partial charge is 0.465 e. The van der Waals surface area contributed by atoms with Gasteiger partial charge in [-0.2, -0.15) is 0 Å². The summed E-state index contributed by atoms with van der Waals surface area (Å²) in [5.41, 5.74) is 6.79. The molecule has 0 radical (unpaired) electrons. The summed E-state index contributed by atoms with van der Waals surface area (Å²) < 4.78 is 4.69. The molecular formula is C15H14ClN3O2S. The predicted octanol–water partition coefficient (Wildman–Crippen LogP) is 3.25. The molecule has 1 aromatic heterocycles. The molecule has 0 saturated carbocycles. The van der Waals surface area contributed by atoms with Crippen LogP contribution in [0.5, 0.6) is 0 Å². The van der Waals surface area contributed by atoms with Crippen molar-refractivity contribution >= 4 is 40.9 Å². The van der Waals surface area contributed by atoms with Crippen molar-refractivity contribution in [3.8, 4) is 0 Å². The molecule has 0 aliphatic carbocycles. The molecule has 0 amide bonds. The Kier molecular flexibility index (Phi) is 5.80. The van der Waals surface area contributed by atoms with E-state index in [4.69, 9.17) is 22.1 Å². The van der Waals surface area contributed by atoms with Crippen molar-refractivity contribution in [2.24, 2.45) is 10.7 Å². The highest BCUT2D eigenvalue weighted by molar-refractivity contribution is 7.99. The Balaban J connectivity index is 2.12. The topological polar surface area (TPSA) is 77.6 Å². The van der Waals surface area contributed by atoms with Gasteiger partial charge in [-0.1, -0.05) is 11.8 Å². The third-order valence-electron chi connectivity index (χ3n) is 2.62. The van der Waals surface area contributed by atoms with Gasteiger partial charge in [-0.3, -0.25) is 0 Å². The molecule has 7 heteroatoms. The van der Waals surface area contributed by atoms with Crippen LogP contribution in [0.25, 0.3) is 0 Å². The van der Waals surface area contributed by atoms with Gasteiger partial charge in [0.2, 0.25) is 0 Å². The first-order valence-corrected chi connectivity index (χ1v) is 7.68. The lowest BCUT2D eigenvalue weighted by molar-refractivity contribution is 0.0600. The molecule has 0 unspecified atom stereocenters. The lowest BCUT2D eigenvalue weighted by Crippen LogP contribution is -2.12. The fourth-order valence-corrected chi connectivity index (χ4v) is 2.49. The molecule has 2 aromatic rings. The Bertz CT molecular complexity index is 689. The van der Waals surface area contributed by atoms with Gasteiger partial charge in [0.05, 0.1) is 24.2 Å². The third kappa shape index (κ3) is 4.47. The number of carbonyl (C=O) groups is 1. The van der Waals surface area contributed by atoms with E-state index in [1.165, 1.54) is 18.9 Å². The number of methoxy groups -OCH3 is 1. The Labute approximate surface area is 137 Å². The lowest BCUT2D eigenvalue weighted by Gasteiger charge is -2.04. The maximum absolute atomic E-state index is 11.5. The van der Waals surface area contributed by atoms with Gasteiger partial charge in [-0.25, -0.2) is 14.8 Å². The summed E-state index contributed by atoms with van der Waals surface area (Å²) >= 11 is 7.03. The summed E-state index contributed by atoms with van der Waals surface area (Å²) in [4.78, 5) is 20.8. The summed E-state index contributed by atoms with van der Waals surface area (Å²) in [7, 11) is 1.35. The first-order chi connectivity index (χ1) is 10.6. The van der Waals surface area contributed by atoms with Crippen molar-refractivity contribution in [2.45, 2.75) is 9.92 Å². The highest BCUT2D eigenvalue weighted by Crippen LogP contribution is 2.28. The molecular weight excluding hydrogens is 322 g/mol. The van der Waals surface area contributed by atoms with E-state index in [1.54, 1.807) is 18.3 Å². The monoisotopic (exact) mass is 335 g/mol. The Morgan fingerprint density at radius 3 is 2.73 bits per heavy atom. The van der Waals surface area contributed by atoms with Gasteiger partial charge >= 0.3 is 5.97 Å². The molecule has 0 atom stereocenters. The molecule has 22 heavy (non-hydrogen) atoms. The quantitative estimate of drug-likeness (QED) is 0.393. The van der Waals surface area contributed by atoms with E-state index >= 15 is 0 Å². The van der Waals surface area contributed by atoms with Crippen LogP contribution < -0.4 is 5.73 Å². The van der Waals surface area contributed by atoms with Crippen molar-refractivity contribution < 1.29 is 9.53 Å². The second kappa shape index (κ2) is 7.82. The van der Waals surface area contributed by atoms with Crippen LogP contribution in [0.2, 0.25) is 0 Å². The molecule has 0 aliphatic heterocycles. The zero-order valence-corrected chi connectivity index (χ0v) is 13.4. The molecule has 2 N–H and O–H groups in total. The Hall–Kier alpha value is -2.05. The number of halogens is 1. The molecule has 5 nitrogen and oxygen atoms in total. The van der Waals surface area contributed by atoms with Crippen LogP contribution in [0, 0.1) is 0 Å². The van der Waals surface area contributed by atoms with E-state index in [0.717, 1.165) is 10.6 Å². The number of nitrogens with zero attached hydrogens (tertiary/aromatic N) is 2. The number of carbonyl (C=O) groups excluding carboxylic acids is 1. The fraction of sp³-hybridized carbons (Fsp3) is 0.133. The lowest BCUT2D eigenvalue weighted by atomic mass is 10.3. The number of pyridine rings is 1. The average Bonchev–Trinajstić information content (AvgIpc) is 2.56. The first-order valence-electron chi connectivity index (χ1n) is 6.33. The minimum atomic E-state index is -0.384. The molecule has 0 spiro atoms. The first kappa shape index (κ1) is 16.3. The van der Waals surface area contributed by atoms with Gasteiger partial charge in [0.1, 0.15) is 10.9 Å². The van der Waals surface area contributed by atoms with E-state index in [-0.39, 0.29) is 11.8 Å². The zero-order valence-electron chi connectivity index (χ0n) is 11.8. The molecule has 0 saturated heterocycles. The normalized spacial score (nSPS) is 11.3. The number of ether oxygens (including phenoxy) is 1. The van der Waals surface area contributed by atoms with Crippen LogP contribution in [-0.4, -0.2) is 29.8 Å². The number of amidine groups is 1. The van der Waals surface area contributed by atoms with Crippen molar-refractivity contribution in [3.05, 3.63) is 48.2 Å². The number of hydrogen-bond acceptors (Lipinski definition) is 5. The second-order valence-electron chi connectivity index (χ2n) is 4.21. The minimum absolute atomic E-state index is 0.195. The van der Waals surface area contributed by atoms with Crippen molar-refractivity contribution in [2.75, 3.05) is 13.0 Å². The summed E-state index contributed by atoms with van der Waals surface area (Å²) in [6.45, 7) is 0. The number of nitrogens with two attached hydrogens (primary N) is 1. The van der Waals surface area contributed by atoms with E-state index in [9.17, 15) is 4.79 Å². The summed E-state index contributed by atoms with van der Waals surface area (Å²) in [5.74, 6) is 0.181. The molecule has 0 aliphatic rings. The van der Waals surface area contributed by atoms with Crippen LogP contribution in [0.4, 0.5) is 5.69 Å². The van der Waals surface area contributed by atoms with Crippen LogP contribution in [0.1, 0.15) is 10.4 Å². The van der Waals surface area contributed by atoms with Gasteiger partial charge in [0.25, 0.3) is 0 Å². The van der Waals surface area contributed by atoms with Crippen molar-refractivity contribution in [1.29, 1.82) is 0 Å². The Morgan fingerprint density at radius 1 is 1.36 bits per heavy atom. The summed E-state index contributed by atoms with van der Waals surface area (Å²) in [6.07, 6.45) is 1.58. The average molecular weight is 336 g/mol. The van der Waals surface area contributed by atoms with Crippen LogP contribution in [-0.2, 0) is 4.74 Å². The van der Waals surface area contributed by atoms with Crippen molar-refractivity contribution in [1.82, 2.24) is 4.98 Å². The molecule has 1 aromatic carbocycles. The van der Waals surface area contributed by atoms with Crippen LogP contribution >= 0.6 is 23.4 Å². The van der Waals surface area contributed by atoms with E-state index in [1.807, 2.05) is 24.3 Å². The van der Waals surface area contributed by atoms with Gasteiger partial charge in [-0.15, -0.1) is 11.6 Å². The molecule has 2 rings (SSSR count). The molecule has 0 fully saturated rings. The van der Waals surface area contributed by atoms with Gasteiger partial charge in [0.15, 0.2) is 0 Å². The maximum Gasteiger partial charge on any atom is 0.337 e. The maximum atomic E-state index is 11.5. The predicted molar refractivity (Wildman–Crippen MR) is 88.1 cm³/mol. The highest BCUT2D eigenvalue weighted by Gasteiger charge is 2.07. The number of alkyl halides is 1. The Morgan fingerprint density at radius 2 is 2.09 bits per heavy atom. The van der Waals surface area contributed by atoms with Crippen molar-refractivity contribution in [3.63, 3.8) is 0 Å². The molecule has 1 heterocycles. The summed E-state index contributed by atoms with van der Waals surface area (Å²) in [5, 5.41) is 0.708. The number of hydrogen-bond donors (Lipinski definition) is 1. The van der Waals surface area contributed by atoms with E-state index in [2.05, 4.69) is 9.98 Å². The number of aliphatic imine (C=N–C) groups is 1. The number of esters is 1. The zero-order chi connectivity index (χ0) is 15.9. The smallest absolute Gasteiger partial charge is 0.337 e. The standard InChI is InChI=1S/C15H14ClN3O2S/c1-21-15(20)10-6-7-18-14(8-10)22-12-4-2-11(3-5-12)19-13(17)9-16/h2-8H,9H2,1H3,(H2,17,19). The highest BCUT2D eigenvalue weighted by atomic mass is 35.5. The molecule has 114 valence electrons. The van der Waals surface area contributed by atoms with E-state index < -0.39 is 0 Å². The minimum Gasteiger partial charge on any atom is -0.465 e. The third-order valence-corrected chi connectivity index (χ3v) is 3.84. The molecule has 0 bridgehead atoms. The summed E-state index contributed by atoms with van der Waals surface area (Å²) in [6, 6.07) is 10.8. The van der Waals surface area contributed by atoms with Crippen LogP contribution in [0.3, 0.4) is 0 Å². The van der Waals surface area contributed by atoms with E-state index in [0.29, 0.717) is 16.4 Å². The fourth-order valence-electron chi connectivity index (χ4n) is 1.62. The van der Waals surface area contributed by atoms with Crippen LogP contribution in [0.15, 0.2) is 57.5 Å². The van der Waals surface area contributed by atoms with Gasteiger partial charge in [-0.05, 0) is 36.4 Å². The van der Waals surface area contributed by atoms with Gasteiger partial charge in [0, 0.05) is 11.1 Å². The second-order valence-corrected chi connectivity index (χ2v) is 5.57. The number of rotatable bonds is 5. The van der Waals surface area contributed by atoms with Gasteiger partial charge < -0.3 is 10.5 Å².